The third kappa shape index (κ3) is 5.38. The standard InChI is InChI=1S/C24H18ClN3O5S/c1-16-23(34-21-10-6-5-9-20(21)28(30)31)24(27(26-16)18-7-3-2-4-8-18)33-22(29)15-32-19-13-11-17(25)12-14-19/h2-14H,15H2,1H3. The van der Waals surface area contributed by atoms with Crippen LogP contribution in [0.4, 0.5) is 5.69 Å². The maximum absolute atomic E-state index is 12.7. The molecule has 0 aliphatic carbocycles. The molecule has 172 valence electrons. The smallest absolute Gasteiger partial charge is 0.350 e. The van der Waals surface area contributed by atoms with E-state index in [1.54, 1.807) is 49.4 Å². The van der Waals surface area contributed by atoms with Gasteiger partial charge in [-0.1, -0.05) is 53.7 Å². The monoisotopic (exact) mass is 495 g/mol. The van der Waals surface area contributed by atoms with Crippen molar-refractivity contribution in [3.63, 3.8) is 0 Å². The van der Waals surface area contributed by atoms with Gasteiger partial charge in [-0.3, -0.25) is 10.1 Å². The molecular weight excluding hydrogens is 478 g/mol. The van der Waals surface area contributed by atoms with Crippen LogP contribution in [-0.4, -0.2) is 27.3 Å². The van der Waals surface area contributed by atoms with Crippen molar-refractivity contribution < 1.29 is 19.2 Å². The molecule has 0 aliphatic rings. The van der Waals surface area contributed by atoms with Crippen LogP contribution >= 0.6 is 23.4 Å². The number of nitro groups is 1. The van der Waals surface area contributed by atoms with E-state index in [1.807, 2.05) is 30.3 Å². The topological polar surface area (TPSA) is 96.5 Å². The van der Waals surface area contributed by atoms with Crippen molar-refractivity contribution >= 4 is 35.0 Å². The molecule has 34 heavy (non-hydrogen) atoms. The molecule has 0 spiro atoms. The zero-order valence-electron chi connectivity index (χ0n) is 17.9. The minimum atomic E-state index is -0.656. The SMILES string of the molecule is Cc1nn(-c2ccccc2)c(OC(=O)COc2ccc(Cl)cc2)c1Sc1ccccc1[N+](=O)[O-]. The number of ether oxygens (including phenoxy) is 2. The largest absolute Gasteiger partial charge is 0.482 e. The van der Waals surface area contributed by atoms with Gasteiger partial charge in [-0.2, -0.15) is 9.78 Å². The highest BCUT2D eigenvalue weighted by Crippen LogP contribution is 2.42. The van der Waals surface area contributed by atoms with Crippen molar-refractivity contribution in [1.29, 1.82) is 0 Å². The lowest BCUT2D eigenvalue weighted by Gasteiger charge is -2.11. The van der Waals surface area contributed by atoms with Crippen molar-refractivity contribution in [1.82, 2.24) is 9.78 Å². The molecule has 0 fully saturated rings. The fourth-order valence-corrected chi connectivity index (χ4v) is 4.20. The van der Waals surface area contributed by atoms with E-state index in [1.165, 1.54) is 10.7 Å². The number of halogens is 1. The molecule has 1 aromatic heterocycles. The normalized spacial score (nSPS) is 10.6. The quantitative estimate of drug-likeness (QED) is 0.171. The van der Waals surface area contributed by atoms with Crippen LogP contribution in [-0.2, 0) is 4.79 Å². The van der Waals surface area contributed by atoms with Crippen LogP contribution in [0.15, 0.2) is 88.7 Å². The van der Waals surface area contributed by atoms with E-state index in [0.29, 0.717) is 31.9 Å². The maximum Gasteiger partial charge on any atom is 0.350 e. The number of benzene rings is 3. The Morgan fingerprint density at radius 2 is 1.74 bits per heavy atom. The molecule has 8 nitrogen and oxygen atoms in total. The summed E-state index contributed by atoms with van der Waals surface area (Å²) in [7, 11) is 0. The van der Waals surface area contributed by atoms with Crippen molar-refractivity contribution in [2.45, 2.75) is 16.7 Å². The first-order valence-corrected chi connectivity index (χ1v) is 11.3. The molecule has 0 saturated carbocycles. The van der Waals surface area contributed by atoms with E-state index in [9.17, 15) is 14.9 Å². The summed E-state index contributed by atoms with van der Waals surface area (Å²) in [6.45, 7) is 1.40. The Bertz CT molecular complexity index is 1330. The highest BCUT2D eigenvalue weighted by Gasteiger charge is 2.25. The Kier molecular flexibility index (Phi) is 7.15. The third-order valence-corrected chi connectivity index (χ3v) is 6.11. The number of rotatable bonds is 8. The van der Waals surface area contributed by atoms with Crippen molar-refractivity contribution in [2.24, 2.45) is 0 Å². The number of aromatic nitrogens is 2. The van der Waals surface area contributed by atoms with Gasteiger partial charge < -0.3 is 9.47 Å². The van der Waals surface area contributed by atoms with Gasteiger partial charge in [0, 0.05) is 11.1 Å². The number of carbonyl (C=O) groups excluding carboxylic acids is 1. The molecule has 0 unspecified atom stereocenters. The van der Waals surface area contributed by atoms with Crippen molar-refractivity contribution in [2.75, 3.05) is 6.61 Å². The lowest BCUT2D eigenvalue weighted by Crippen LogP contribution is -2.19. The molecule has 10 heteroatoms. The summed E-state index contributed by atoms with van der Waals surface area (Å²) in [5.41, 5.74) is 1.16. The van der Waals surface area contributed by atoms with Crippen LogP contribution in [0, 0.1) is 17.0 Å². The summed E-state index contributed by atoms with van der Waals surface area (Å²) in [6.07, 6.45) is 0. The Morgan fingerprint density at radius 1 is 1.06 bits per heavy atom. The molecule has 0 radical (unpaired) electrons. The summed E-state index contributed by atoms with van der Waals surface area (Å²) in [5.74, 6) is -0.0448. The molecule has 0 amide bonds. The Labute approximate surface area is 204 Å². The predicted molar refractivity (Wildman–Crippen MR) is 128 cm³/mol. The first-order chi connectivity index (χ1) is 16.4. The second-order valence-corrected chi connectivity index (χ2v) is 8.50. The van der Waals surface area contributed by atoms with Gasteiger partial charge in [0.05, 0.1) is 26.1 Å². The van der Waals surface area contributed by atoms with Gasteiger partial charge in [0.15, 0.2) is 6.61 Å². The van der Waals surface area contributed by atoms with E-state index in [0.717, 1.165) is 11.8 Å². The second kappa shape index (κ2) is 10.4. The van der Waals surface area contributed by atoms with Crippen LogP contribution in [0.3, 0.4) is 0 Å². The van der Waals surface area contributed by atoms with Crippen molar-refractivity contribution in [3.05, 3.63) is 99.7 Å². The number of hydrogen-bond donors (Lipinski definition) is 0. The molecule has 1 heterocycles. The number of aryl methyl sites for hydroxylation is 1. The highest BCUT2D eigenvalue weighted by atomic mass is 35.5. The van der Waals surface area contributed by atoms with E-state index in [-0.39, 0.29) is 18.2 Å². The van der Waals surface area contributed by atoms with Gasteiger partial charge in [-0.05, 0) is 49.4 Å². The Hall–Kier alpha value is -3.82. The summed E-state index contributed by atoms with van der Waals surface area (Å²) < 4.78 is 12.7. The third-order valence-electron chi connectivity index (χ3n) is 4.62. The Balaban J connectivity index is 1.65. The minimum Gasteiger partial charge on any atom is -0.482 e. The number of nitrogens with zero attached hydrogens (tertiary/aromatic N) is 3. The zero-order valence-corrected chi connectivity index (χ0v) is 19.5. The van der Waals surface area contributed by atoms with Gasteiger partial charge in [0.2, 0.25) is 5.88 Å². The van der Waals surface area contributed by atoms with Crippen LogP contribution in [0.25, 0.3) is 5.69 Å². The molecule has 4 aromatic rings. The molecule has 0 N–H and O–H groups in total. The van der Waals surface area contributed by atoms with Crippen LogP contribution in [0.2, 0.25) is 5.02 Å². The average molecular weight is 496 g/mol. The van der Waals surface area contributed by atoms with E-state index in [4.69, 9.17) is 21.1 Å². The van der Waals surface area contributed by atoms with E-state index in [2.05, 4.69) is 5.10 Å². The fraction of sp³-hybridized carbons (Fsp3) is 0.0833. The summed E-state index contributed by atoms with van der Waals surface area (Å²) >= 11 is 6.98. The molecule has 0 saturated heterocycles. The van der Waals surface area contributed by atoms with Gasteiger partial charge >= 0.3 is 5.97 Å². The second-order valence-electron chi connectivity index (χ2n) is 7.01. The predicted octanol–water partition coefficient (Wildman–Crippen LogP) is 5.88. The first kappa shape index (κ1) is 23.3. The zero-order chi connectivity index (χ0) is 24.1. The van der Waals surface area contributed by atoms with Crippen LogP contribution in [0.1, 0.15) is 5.69 Å². The molecule has 0 atom stereocenters. The van der Waals surface area contributed by atoms with Crippen LogP contribution in [0.5, 0.6) is 11.6 Å². The lowest BCUT2D eigenvalue weighted by molar-refractivity contribution is -0.387. The Morgan fingerprint density at radius 3 is 2.44 bits per heavy atom. The summed E-state index contributed by atoms with van der Waals surface area (Å²) in [6, 6.07) is 22.1. The number of nitro benzene ring substituents is 1. The average Bonchev–Trinajstić information content (AvgIpc) is 3.14. The minimum absolute atomic E-state index is 0.0530. The number of carbonyl (C=O) groups is 1. The molecular formula is C24H18ClN3O5S. The number of para-hydroxylation sites is 2. The highest BCUT2D eigenvalue weighted by molar-refractivity contribution is 7.99. The van der Waals surface area contributed by atoms with Gasteiger partial charge in [-0.25, -0.2) is 4.79 Å². The van der Waals surface area contributed by atoms with E-state index >= 15 is 0 Å². The van der Waals surface area contributed by atoms with Gasteiger partial charge in [0.1, 0.15) is 5.75 Å². The summed E-state index contributed by atoms with van der Waals surface area (Å²) in [4.78, 5) is 24.6. The van der Waals surface area contributed by atoms with Crippen LogP contribution < -0.4 is 9.47 Å². The maximum atomic E-state index is 12.7. The van der Waals surface area contributed by atoms with Gasteiger partial charge in [-0.15, -0.1) is 0 Å². The molecule has 4 rings (SSSR count). The molecule has 0 aliphatic heterocycles. The lowest BCUT2D eigenvalue weighted by atomic mass is 10.3. The first-order valence-electron chi connectivity index (χ1n) is 10.1. The van der Waals surface area contributed by atoms with Crippen molar-refractivity contribution in [3.8, 4) is 17.3 Å². The summed E-state index contributed by atoms with van der Waals surface area (Å²) in [5, 5.41) is 16.6. The van der Waals surface area contributed by atoms with Gasteiger partial charge in [0.25, 0.3) is 5.69 Å². The fourth-order valence-electron chi connectivity index (χ4n) is 3.06. The van der Waals surface area contributed by atoms with E-state index < -0.39 is 10.9 Å². The molecule has 0 bridgehead atoms. The number of esters is 1. The number of hydrogen-bond acceptors (Lipinski definition) is 7. The molecule has 3 aromatic carbocycles.